The quantitative estimate of drug-likeness (QED) is 0.174. The molecule has 0 saturated carbocycles. The number of ether oxygens (including phenoxy) is 1. The van der Waals surface area contributed by atoms with Crippen LogP contribution < -0.4 is 4.74 Å². The van der Waals surface area contributed by atoms with E-state index in [0.717, 1.165) is 17.1 Å². The lowest BCUT2D eigenvalue weighted by Gasteiger charge is -2.30. The van der Waals surface area contributed by atoms with Crippen molar-refractivity contribution in [3.05, 3.63) is 216 Å². The Balaban J connectivity index is 1.12. The summed E-state index contributed by atoms with van der Waals surface area (Å²) in [6.45, 7) is 0. The summed E-state index contributed by atoms with van der Waals surface area (Å²) in [7, 11) is 0. The van der Waals surface area contributed by atoms with E-state index in [1.54, 1.807) is 0 Å². The number of para-hydroxylation sites is 1. The van der Waals surface area contributed by atoms with E-state index in [1.165, 1.54) is 105 Å². The molecule has 10 aromatic carbocycles. The summed E-state index contributed by atoms with van der Waals surface area (Å²) in [5.41, 5.74) is 17.5. The van der Waals surface area contributed by atoms with Crippen molar-refractivity contribution in [2.75, 3.05) is 0 Å². The lowest BCUT2D eigenvalue weighted by molar-refractivity contribution is 0.487. The third-order valence-electron chi connectivity index (χ3n) is 12.9. The molecule has 0 fully saturated rings. The highest BCUT2D eigenvalue weighted by molar-refractivity contribution is 6.14. The van der Waals surface area contributed by atoms with Crippen molar-refractivity contribution in [1.29, 1.82) is 0 Å². The van der Waals surface area contributed by atoms with E-state index in [2.05, 4.69) is 188 Å². The van der Waals surface area contributed by atoms with Crippen LogP contribution in [0.4, 0.5) is 0 Å². The molecule has 0 bridgehead atoms. The third-order valence-corrected chi connectivity index (χ3v) is 12.9. The molecule has 1 aliphatic heterocycles. The van der Waals surface area contributed by atoms with Gasteiger partial charge in [0, 0.05) is 10.9 Å². The van der Waals surface area contributed by atoms with Crippen LogP contribution in [0.3, 0.4) is 0 Å². The molecule has 258 valence electrons. The van der Waals surface area contributed by atoms with Crippen molar-refractivity contribution < 1.29 is 4.74 Å². The van der Waals surface area contributed by atoms with Crippen LogP contribution in [0, 0.1) is 0 Å². The van der Waals surface area contributed by atoms with E-state index in [9.17, 15) is 0 Å². The summed E-state index contributed by atoms with van der Waals surface area (Å²) in [6.07, 6.45) is 0. The number of rotatable bonds is 2. The lowest BCUT2D eigenvalue weighted by atomic mass is 9.70. The molecule has 1 heterocycles. The van der Waals surface area contributed by atoms with Gasteiger partial charge in [-0.1, -0.05) is 176 Å². The second kappa shape index (κ2) is 10.9. The SMILES string of the molecule is c1ccc2c(c1)Oc1ccc(-c3ccc4c(c3)-c3c(ccc5c(-c6cccc7ccccc67)cccc35)C43c4ccccc4-c4ccccc43)c3cccc-2c13. The van der Waals surface area contributed by atoms with Gasteiger partial charge in [0.15, 0.2) is 0 Å². The summed E-state index contributed by atoms with van der Waals surface area (Å²) in [6, 6.07) is 72.1. The van der Waals surface area contributed by atoms with Crippen LogP contribution in [-0.2, 0) is 5.41 Å². The van der Waals surface area contributed by atoms with Crippen LogP contribution in [0.15, 0.2) is 194 Å². The fourth-order valence-corrected chi connectivity index (χ4v) is 10.7. The first-order chi connectivity index (χ1) is 27.8. The van der Waals surface area contributed by atoms with Crippen molar-refractivity contribution in [2.24, 2.45) is 0 Å². The van der Waals surface area contributed by atoms with E-state index >= 15 is 0 Å². The molecule has 1 heteroatoms. The lowest BCUT2D eigenvalue weighted by Crippen LogP contribution is -2.25. The van der Waals surface area contributed by atoms with E-state index in [-0.39, 0.29) is 0 Å². The van der Waals surface area contributed by atoms with E-state index in [4.69, 9.17) is 4.74 Å². The van der Waals surface area contributed by atoms with E-state index in [1.807, 2.05) is 6.07 Å². The van der Waals surface area contributed by atoms with Gasteiger partial charge in [0.05, 0.1) is 5.41 Å². The Hall–Kier alpha value is -7.22. The molecule has 0 aromatic heterocycles. The van der Waals surface area contributed by atoms with Crippen LogP contribution in [0.5, 0.6) is 11.5 Å². The van der Waals surface area contributed by atoms with Crippen LogP contribution in [-0.4, -0.2) is 0 Å². The minimum atomic E-state index is -0.433. The maximum absolute atomic E-state index is 6.51. The molecule has 0 saturated heterocycles. The molecule has 1 spiro atoms. The molecule has 0 radical (unpaired) electrons. The van der Waals surface area contributed by atoms with Gasteiger partial charge in [0.2, 0.25) is 0 Å². The van der Waals surface area contributed by atoms with Gasteiger partial charge in [0.25, 0.3) is 0 Å². The van der Waals surface area contributed by atoms with Crippen LogP contribution in [0.1, 0.15) is 22.3 Å². The summed E-state index contributed by atoms with van der Waals surface area (Å²) >= 11 is 0. The molecule has 0 atom stereocenters. The first-order valence-corrected chi connectivity index (χ1v) is 19.5. The van der Waals surface area contributed by atoms with Gasteiger partial charge >= 0.3 is 0 Å². The van der Waals surface area contributed by atoms with Crippen LogP contribution in [0.2, 0.25) is 0 Å². The number of benzene rings is 10. The average molecular weight is 709 g/mol. The molecule has 56 heavy (non-hydrogen) atoms. The number of hydrogen-bond donors (Lipinski definition) is 0. The average Bonchev–Trinajstić information content (AvgIpc) is 3.73. The van der Waals surface area contributed by atoms with Gasteiger partial charge in [-0.3, -0.25) is 0 Å². The maximum Gasteiger partial charge on any atom is 0.135 e. The normalized spacial score (nSPS) is 13.6. The fourth-order valence-electron chi connectivity index (χ4n) is 10.7. The van der Waals surface area contributed by atoms with Crippen molar-refractivity contribution in [1.82, 2.24) is 0 Å². The van der Waals surface area contributed by atoms with Crippen LogP contribution in [0.25, 0.3) is 88.0 Å². The first kappa shape index (κ1) is 30.1. The first-order valence-electron chi connectivity index (χ1n) is 19.5. The van der Waals surface area contributed by atoms with Gasteiger partial charge in [-0.15, -0.1) is 0 Å². The minimum absolute atomic E-state index is 0.433. The summed E-state index contributed by atoms with van der Waals surface area (Å²) in [5.74, 6) is 1.82. The van der Waals surface area contributed by atoms with E-state index in [0.29, 0.717) is 0 Å². The number of fused-ring (bicyclic) bond motifs is 15. The molecule has 0 amide bonds. The highest BCUT2D eigenvalue weighted by atomic mass is 16.5. The van der Waals surface area contributed by atoms with E-state index < -0.39 is 5.41 Å². The van der Waals surface area contributed by atoms with Gasteiger partial charge in [-0.2, -0.15) is 0 Å². The predicted octanol–water partition coefficient (Wildman–Crippen LogP) is 14.6. The Labute approximate surface area is 324 Å². The Bertz CT molecular complexity index is 3300. The Kier molecular flexibility index (Phi) is 5.89. The molecule has 1 nitrogen and oxygen atoms in total. The smallest absolute Gasteiger partial charge is 0.135 e. The molecule has 2 aliphatic carbocycles. The molecular weight excluding hydrogens is 677 g/mol. The van der Waals surface area contributed by atoms with Crippen molar-refractivity contribution in [3.8, 4) is 67.1 Å². The minimum Gasteiger partial charge on any atom is -0.456 e. The van der Waals surface area contributed by atoms with Crippen LogP contribution >= 0.6 is 0 Å². The van der Waals surface area contributed by atoms with Crippen molar-refractivity contribution >= 4 is 32.3 Å². The monoisotopic (exact) mass is 708 g/mol. The molecule has 10 aromatic rings. The predicted molar refractivity (Wildman–Crippen MR) is 232 cm³/mol. The Morgan fingerprint density at radius 3 is 1.73 bits per heavy atom. The zero-order chi connectivity index (χ0) is 36.5. The molecule has 0 N–H and O–H groups in total. The standard InChI is InChI=1S/C55H32O/c1-2-14-35-33(12-1)13-9-18-37(35)38-19-10-21-44-39(38)27-30-50-53(44)46-32-34(26-29-49(46)55(50)47-23-6-3-15-40(47)41-16-4-7-24-48(41)55)36-28-31-52-54-43(36)20-11-22-45(54)42-17-5-8-25-51(42)56-52/h1-32H. The Morgan fingerprint density at radius 1 is 0.304 bits per heavy atom. The number of hydrogen-bond acceptors (Lipinski definition) is 1. The van der Waals surface area contributed by atoms with Crippen molar-refractivity contribution in [2.45, 2.75) is 5.41 Å². The van der Waals surface area contributed by atoms with Gasteiger partial charge in [0.1, 0.15) is 11.5 Å². The summed E-state index contributed by atoms with van der Waals surface area (Å²) < 4.78 is 6.51. The van der Waals surface area contributed by atoms with Gasteiger partial charge < -0.3 is 4.74 Å². The topological polar surface area (TPSA) is 9.23 Å². The Morgan fingerprint density at radius 2 is 0.893 bits per heavy atom. The highest BCUT2D eigenvalue weighted by Gasteiger charge is 2.52. The van der Waals surface area contributed by atoms with Gasteiger partial charge in [-0.05, 0) is 117 Å². The molecule has 3 aliphatic rings. The summed E-state index contributed by atoms with van der Waals surface area (Å²) in [4.78, 5) is 0. The van der Waals surface area contributed by atoms with Crippen molar-refractivity contribution in [3.63, 3.8) is 0 Å². The molecular formula is C55H32O. The highest BCUT2D eigenvalue weighted by Crippen LogP contribution is 2.64. The van der Waals surface area contributed by atoms with Gasteiger partial charge in [-0.25, -0.2) is 0 Å². The molecule has 13 rings (SSSR count). The second-order valence-electron chi connectivity index (χ2n) is 15.5. The third kappa shape index (κ3) is 3.75. The fraction of sp³-hybridized carbons (Fsp3) is 0.0182. The maximum atomic E-state index is 6.51. The second-order valence-corrected chi connectivity index (χ2v) is 15.5. The molecule has 0 unspecified atom stereocenters. The zero-order valence-electron chi connectivity index (χ0n) is 30.4. The summed E-state index contributed by atoms with van der Waals surface area (Å²) in [5, 5.41) is 7.46. The largest absolute Gasteiger partial charge is 0.456 e. The zero-order valence-corrected chi connectivity index (χ0v) is 30.4.